The molecule has 1 N–H and O–H groups in total. The average molecular weight is 533 g/mol. The van der Waals surface area contributed by atoms with Crippen LogP contribution < -0.4 is 19.5 Å². The number of aromatic nitrogens is 3. The number of anilines is 1. The van der Waals surface area contributed by atoms with E-state index in [-0.39, 0.29) is 13.2 Å². The number of pyridine rings is 1. The van der Waals surface area contributed by atoms with Gasteiger partial charge in [0.2, 0.25) is 5.88 Å². The van der Waals surface area contributed by atoms with E-state index in [1.165, 1.54) is 6.20 Å². The van der Waals surface area contributed by atoms with E-state index in [2.05, 4.69) is 20.3 Å². The number of carbonyl (C=O) groups is 1. The molecule has 0 aliphatic carbocycles. The number of amides is 1. The number of nitrogens with one attached hydrogen (secondary N) is 1. The van der Waals surface area contributed by atoms with Gasteiger partial charge in [0.25, 0.3) is 0 Å². The second kappa shape index (κ2) is 9.71. The van der Waals surface area contributed by atoms with Crippen molar-refractivity contribution in [1.82, 2.24) is 15.0 Å². The van der Waals surface area contributed by atoms with Gasteiger partial charge < -0.3 is 23.4 Å². The van der Waals surface area contributed by atoms with Gasteiger partial charge in [-0.25, -0.2) is 14.8 Å². The molecule has 0 saturated carbocycles. The van der Waals surface area contributed by atoms with Crippen LogP contribution in [0, 0.1) is 6.92 Å². The lowest BCUT2D eigenvalue weighted by atomic mass is 10.1. The van der Waals surface area contributed by atoms with Gasteiger partial charge in [-0.05, 0) is 42.8 Å². The summed E-state index contributed by atoms with van der Waals surface area (Å²) in [5, 5.41) is 3.62. The molecule has 1 unspecified atom stereocenters. The van der Waals surface area contributed by atoms with Crippen molar-refractivity contribution in [1.29, 1.82) is 0 Å². The van der Waals surface area contributed by atoms with Crippen LogP contribution in [-0.4, -0.2) is 47.5 Å². The summed E-state index contributed by atoms with van der Waals surface area (Å²) in [5.74, 6) is 1.92. The van der Waals surface area contributed by atoms with Gasteiger partial charge in [-0.1, -0.05) is 11.6 Å². The topological polar surface area (TPSA) is 118 Å². The summed E-state index contributed by atoms with van der Waals surface area (Å²) in [5.41, 5.74) is 4.09. The standard InChI is InChI=1S/C27H21ClN4O6/c1-14-6-17(24-20(7-14)32-23(34-2)11-30-24)21-8-18-25(38-21)19(28)9-22-26(18)35-12-16(37-22)13-36-27(33)31-15-4-3-5-29-10-15/h3-11,16H,12-13H2,1-2H3,(H,31,33). The van der Waals surface area contributed by atoms with E-state index in [1.807, 2.05) is 25.1 Å². The monoisotopic (exact) mass is 532 g/mol. The van der Waals surface area contributed by atoms with Crippen LogP contribution in [0.25, 0.3) is 33.3 Å². The Morgan fingerprint density at radius 3 is 2.95 bits per heavy atom. The third-order valence-corrected chi connectivity index (χ3v) is 6.21. The molecule has 2 aromatic carbocycles. The van der Waals surface area contributed by atoms with Crippen molar-refractivity contribution >= 4 is 45.4 Å². The Balaban J connectivity index is 1.26. The van der Waals surface area contributed by atoms with Crippen molar-refractivity contribution in [3.63, 3.8) is 0 Å². The third-order valence-electron chi connectivity index (χ3n) is 5.93. The van der Waals surface area contributed by atoms with E-state index >= 15 is 0 Å². The molecule has 5 aromatic rings. The summed E-state index contributed by atoms with van der Waals surface area (Å²) in [6.45, 7) is 2.12. The van der Waals surface area contributed by atoms with Crippen molar-refractivity contribution in [3.05, 3.63) is 65.6 Å². The normalized spacial score (nSPS) is 14.4. The molecule has 1 aliphatic heterocycles. The third kappa shape index (κ3) is 4.50. The first-order chi connectivity index (χ1) is 18.5. The summed E-state index contributed by atoms with van der Waals surface area (Å²) in [6.07, 6.45) is 3.56. The van der Waals surface area contributed by atoms with Crippen LogP contribution in [-0.2, 0) is 4.74 Å². The molecule has 0 saturated heterocycles. The highest BCUT2D eigenvalue weighted by atomic mass is 35.5. The molecule has 1 aliphatic rings. The van der Waals surface area contributed by atoms with E-state index in [1.54, 1.807) is 37.7 Å². The lowest BCUT2D eigenvalue weighted by Gasteiger charge is -2.26. The van der Waals surface area contributed by atoms with Crippen molar-refractivity contribution < 1.29 is 28.2 Å². The van der Waals surface area contributed by atoms with Crippen LogP contribution >= 0.6 is 11.6 Å². The first-order valence-electron chi connectivity index (χ1n) is 11.7. The van der Waals surface area contributed by atoms with Crippen LogP contribution in [0.4, 0.5) is 10.5 Å². The van der Waals surface area contributed by atoms with Crippen LogP contribution in [0.1, 0.15) is 5.56 Å². The first kappa shape index (κ1) is 23.8. The Morgan fingerprint density at radius 2 is 2.13 bits per heavy atom. The predicted molar refractivity (Wildman–Crippen MR) is 140 cm³/mol. The van der Waals surface area contributed by atoms with Gasteiger partial charge in [0.15, 0.2) is 23.2 Å². The largest absolute Gasteiger partial charge is 0.485 e. The van der Waals surface area contributed by atoms with E-state index < -0.39 is 12.2 Å². The van der Waals surface area contributed by atoms with E-state index in [4.69, 9.17) is 35.0 Å². The molecule has 11 heteroatoms. The van der Waals surface area contributed by atoms with Gasteiger partial charge in [0, 0.05) is 17.8 Å². The lowest BCUT2D eigenvalue weighted by Crippen LogP contribution is -2.35. The highest BCUT2D eigenvalue weighted by molar-refractivity contribution is 6.35. The molecule has 10 nitrogen and oxygen atoms in total. The Hall–Kier alpha value is -4.57. The van der Waals surface area contributed by atoms with Crippen LogP contribution in [0.15, 0.2) is 59.4 Å². The molecule has 0 spiro atoms. The highest BCUT2D eigenvalue weighted by Gasteiger charge is 2.28. The van der Waals surface area contributed by atoms with Crippen molar-refractivity contribution in [2.75, 3.05) is 25.6 Å². The maximum absolute atomic E-state index is 12.1. The van der Waals surface area contributed by atoms with Crippen LogP contribution in [0.2, 0.25) is 5.02 Å². The Kier molecular flexibility index (Phi) is 6.09. The number of furan rings is 1. The van der Waals surface area contributed by atoms with E-state index in [0.717, 1.165) is 11.1 Å². The predicted octanol–water partition coefficient (Wildman–Crippen LogP) is 5.80. The molecular weight excluding hydrogens is 512 g/mol. The molecule has 38 heavy (non-hydrogen) atoms. The number of rotatable bonds is 5. The summed E-state index contributed by atoms with van der Waals surface area (Å²) in [4.78, 5) is 25.1. The van der Waals surface area contributed by atoms with Gasteiger partial charge in [-0.15, -0.1) is 0 Å². The first-order valence-corrected chi connectivity index (χ1v) is 12.1. The Bertz CT molecular complexity index is 1670. The number of fused-ring (bicyclic) bond motifs is 4. The van der Waals surface area contributed by atoms with Gasteiger partial charge in [0.1, 0.15) is 19.0 Å². The molecule has 192 valence electrons. The summed E-state index contributed by atoms with van der Waals surface area (Å²) < 4.78 is 28.8. The van der Waals surface area contributed by atoms with E-state index in [9.17, 15) is 4.79 Å². The van der Waals surface area contributed by atoms with Crippen LogP contribution in [0.3, 0.4) is 0 Å². The number of aryl methyl sites for hydroxylation is 1. The minimum atomic E-state index is -0.619. The highest BCUT2D eigenvalue weighted by Crippen LogP contribution is 2.46. The van der Waals surface area contributed by atoms with Crippen molar-refractivity contribution in [2.45, 2.75) is 13.0 Å². The van der Waals surface area contributed by atoms with Gasteiger partial charge in [-0.2, -0.15) is 0 Å². The van der Waals surface area contributed by atoms with Crippen molar-refractivity contribution in [2.24, 2.45) is 0 Å². The lowest BCUT2D eigenvalue weighted by molar-refractivity contribution is 0.0382. The smallest absolute Gasteiger partial charge is 0.411 e. The zero-order valence-corrected chi connectivity index (χ0v) is 21.1. The minimum absolute atomic E-state index is 0.0186. The summed E-state index contributed by atoms with van der Waals surface area (Å²) in [7, 11) is 1.55. The zero-order chi connectivity index (χ0) is 26.2. The number of methoxy groups -OCH3 is 1. The molecular formula is C27H21ClN4O6. The number of carbonyl (C=O) groups excluding carboxylic acids is 1. The number of halogens is 1. The van der Waals surface area contributed by atoms with Gasteiger partial charge in [0.05, 0.1) is 46.6 Å². The molecule has 1 amide bonds. The minimum Gasteiger partial charge on any atom is -0.485 e. The second-order valence-electron chi connectivity index (χ2n) is 8.65. The fraction of sp³-hybridized carbons (Fsp3) is 0.185. The number of benzene rings is 2. The number of ether oxygens (including phenoxy) is 4. The number of hydrogen-bond donors (Lipinski definition) is 1. The molecule has 0 radical (unpaired) electrons. The molecule has 0 bridgehead atoms. The zero-order valence-electron chi connectivity index (χ0n) is 20.4. The quantitative estimate of drug-likeness (QED) is 0.299. The van der Waals surface area contributed by atoms with Gasteiger partial charge >= 0.3 is 6.09 Å². The molecule has 0 fully saturated rings. The molecule has 4 heterocycles. The fourth-order valence-corrected chi connectivity index (χ4v) is 4.49. The second-order valence-corrected chi connectivity index (χ2v) is 9.05. The molecule has 3 aromatic heterocycles. The average Bonchev–Trinajstić information content (AvgIpc) is 3.38. The Morgan fingerprint density at radius 1 is 1.24 bits per heavy atom. The summed E-state index contributed by atoms with van der Waals surface area (Å²) in [6, 6.07) is 10.8. The Labute approximate surface area is 221 Å². The SMILES string of the molecule is COc1cnc2c(-c3cc4c5c(cc(Cl)c4o3)OC(COC(=O)Nc3cccnc3)CO5)cc(C)cc2n1. The molecule has 1 atom stereocenters. The van der Waals surface area contributed by atoms with Crippen LogP contribution in [0.5, 0.6) is 17.4 Å². The molecule has 6 rings (SSSR count). The number of hydrogen-bond acceptors (Lipinski definition) is 9. The maximum atomic E-state index is 12.1. The van der Waals surface area contributed by atoms with Crippen molar-refractivity contribution in [3.8, 4) is 28.7 Å². The summed E-state index contributed by atoms with van der Waals surface area (Å²) >= 11 is 6.57. The fourth-order valence-electron chi connectivity index (χ4n) is 4.25. The van der Waals surface area contributed by atoms with Gasteiger partial charge in [-0.3, -0.25) is 10.3 Å². The number of nitrogens with zero attached hydrogens (tertiary/aromatic N) is 3. The maximum Gasteiger partial charge on any atom is 0.411 e. The van der Waals surface area contributed by atoms with E-state index in [0.29, 0.717) is 55.9 Å².